The number of carbonyl (C=O) groups excluding carboxylic acids is 1. The molecule has 2 aliphatic rings. The van der Waals surface area contributed by atoms with Crippen molar-refractivity contribution < 1.29 is 9.53 Å². The van der Waals surface area contributed by atoms with Crippen LogP contribution >= 0.6 is 0 Å². The summed E-state index contributed by atoms with van der Waals surface area (Å²) >= 11 is 0. The summed E-state index contributed by atoms with van der Waals surface area (Å²) in [7, 11) is 1.81. The van der Waals surface area contributed by atoms with Crippen LogP contribution in [0.15, 0.2) is 12.5 Å². The van der Waals surface area contributed by atoms with Crippen LogP contribution in [0.2, 0.25) is 0 Å². The molecule has 0 unspecified atom stereocenters. The maximum Gasteiger partial charge on any atom is 0.410 e. The van der Waals surface area contributed by atoms with E-state index in [0.717, 1.165) is 32.5 Å². The fourth-order valence-corrected chi connectivity index (χ4v) is 3.48. The summed E-state index contributed by atoms with van der Waals surface area (Å²) in [4.78, 5) is 20.0. The topological polar surface area (TPSA) is 50.6 Å². The van der Waals surface area contributed by atoms with Gasteiger partial charge in [-0.2, -0.15) is 0 Å². The average molecular weight is 292 g/mol. The van der Waals surface area contributed by atoms with Crippen molar-refractivity contribution in [3.63, 3.8) is 0 Å². The van der Waals surface area contributed by atoms with Crippen molar-refractivity contribution in [3.8, 4) is 0 Å². The molecule has 21 heavy (non-hydrogen) atoms. The van der Waals surface area contributed by atoms with Gasteiger partial charge in [0, 0.05) is 32.4 Å². The zero-order valence-corrected chi connectivity index (χ0v) is 13.1. The van der Waals surface area contributed by atoms with Crippen molar-refractivity contribution in [2.75, 3.05) is 26.7 Å². The summed E-state index contributed by atoms with van der Waals surface area (Å²) in [6, 6.07) is 0.414. The van der Waals surface area contributed by atoms with Gasteiger partial charge in [0.25, 0.3) is 0 Å². The number of ether oxygens (including phenoxy) is 1. The number of likely N-dealkylation sites (N-methyl/N-ethyl adjacent to an activating group) is 1. The summed E-state index contributed by atoms with van der Waals surface area (Å²) in [5.41, 5.74) is 0.909. The Morgan fingerprint density at radius 2 is 2.24 bits per heavy atom. The Bertz CT molecular complexity index is 527. The predicted octanol–water partition coefficient (Wildman–Crippen LogP) is 1.88. The zero-order valence-electron chi connectivity index (χ0n) is 13.1. The number of imidazole rings is 1. The molecule has 1 aromatic rings. The van der Waals surface area contributed by atoms with Crippen LogP contribution < -0.4 is 0 Å². The van der Waals surface area contributed by atoms with Gasteiger partial charge in [0.15, 0.2) is 0 Å². The van der Waals surface area contributed by atoms with Crippen LogP contribution in [0.25, 0.3) is 0 Å². The second-order valence-corrected chi connectivity index (χ2v) is 6.61. The first kappa shape index (κ1) is 14.4. The number of hydrogen-bond donors (Lipinski definition) is 0. The molecule has 116 valence electrons. The first-order valence-electron chi connectivity index (χ1n) is 7.66. The number of amides is 1. The Balaban J connectivity index is 1.69. The van der Waals surface area contributed by atoms with Crippen molar-refractivity contribution in [1.29, 1.82) is 0 Å². The molecule has 6 nitrogen and oxygen atoms in total. The number of rotatable bonds is 3. The fourth-order valence-electron chi connectivity index (χ4n) is 3.48. The molecule has 0 bridgehead atoms. The molecule has 1 spiro atoms. The molecular formula is C15H24N4O2. The van der Waals surface area contributed by atoms with E-state index in [1.54, 1.807) is 4.90 Å². The lowest BCUT2D eigenvalue weighted by Gasteiger charge is -2.38. The number of likely N-dealkylation sites (tertiary alicyclic amines) is 1. The summed E-state index contributed by atoms with van der Waals surface area (Å²) in [6.45, 7) is 7.75. The van der Waals surface area contributed by atoms with Crippen molar-refractivity contribution in [3.05, 3.63) is 18.2 Å². The molecule has 1 amide bonds. The Hall–Kier alpha value is -1.56. The molecule has 2 aliphatic heterocycles. The smallest absolute Gasteiger partial charge is 0.410 e. The monoisotopic (exact) mass is 292 g/mol. The normalized spacial score (nSPS) is 26.9. The van der Waals surface area contributed by atoms with Gasteiger partial charge >= 0.3 is 6.09 Å². The summed E-state index contributed by atoms with van der Waals surface area (Å²) in [5.74, 6) is 0. The number of aromatic nitrogens is 2. The van der Waals surface area contributed by atoms with E-state index in [1.807, 2.05) is 19.6 Å². The van der Waals surface area contributed by atoms with Gasteiger partial charge in [-0.1, -0.05) is 0 Å². The van der Waals surface area contributed by atoms with Crippen LogP contribution in [-0.4, -0.2) is 57.7 Å². The molecule has 0 aliphatic carbocycles. The highest BCUT2D eigenvalue weighted by Crippen LogP contribution is 2.32. The highest BCUT2D eigenvalue weighted by atomic mass is 16.6. The maximum atomic E-state index is 11.7. The molecule has 1 atom stereocenters. The minimum absolute atomic E-state index is 0.191. The Kier molecular flexibility index (Phi) is 3.65. The first-order valence-corrected chi connectivity index (χ1v) is 7.66. The molecule has 2 saturated heterocycles. The van der Waals surface area contributed by atoms with Gasteiger partial charge < -0.3 is 14.2 Å². The highest BCUT2D eigenvalue weighted by molar-refractivity contribution is 5.70. The van der Waals surface area contributed by atoms with Crippen LogP contribution in [0, 0.1) is 0 Å². The molecule has 6 heteroatoms. The molecule has 1 aromatic heterocycles. The predicted molar refractivity (Wildman–Crippen MR) is 79.0 cm³/mol. The van der Waals surface area contributed by atoms with Gasteiger partial charge in [0.1, 0.15) is 5.60 Å². The van der Waals surface area contributed by atoms with Crippen molar-refractivity contribution >= 4 is 6.09 Å². The average Bonchev–Trinajstić information content (AvgIpc) is 2.96. The molecule has 2 fully saturated rings. The van der Waals surface area contributed by atoms with Crippen LogP contribution in [-0.2, 0) is 11.3 Å². The molecule has 0 saturated carbocycles. The second-order valence-electron chi connectivity index (χ2n) is 6.61. The van der Waals surface area contributed by atoms with E-state index in [2.05, 4.69) is 28.3 Å². The van der Waals surface area contributed by atoms with E-state index in [1.165, 1.54) is 5.69 Å². The van der Waals surface area contributed by atoms with Crippen LogP contribution in [0.1, 0.15) is 38.4 Å². The lowest BCUT2D eigenvalue weighted by molar-refractivity contribution is -0.0120. The van der Waals surface area contributed by atoms with Gasteiger partial charge in [-0.05, 0) is 33.2 Å². The van der Waals surface area contributed by atoms with E-state index in [4.69, 9.17) is 4.74 Å². The first-order chi connectivity index (χ1) is 9.99. The van der Waals surface area contributed by atoms with Crippen molar-refractivity contribution in [1.82, 2.24) is 19.4 Å². The third kappa shape index (κ3) is 2.77. The standard InChI is InChI=1S/C15H24N4O2/c1-12(2)19-11-16-7-13(19)8-18-6-4-5-15(10-18)9-17(3)14(20)21-15/h7,11-12H,4-6,8-10H2,1-3H3/t15-/m1/s1. The van der Waals surface area contributed by atoms with Gasteiger partial charge in [0.2, 0.25) is 0 Å². The van der Waals surface area contributed by atoms with E-state index < -0.39 is 0 Å². The lowest BCUT2D eigenvalue weighted by Crippen LogP contribution is -2.50. The van der Waals surface area contributed by atoms with Crippen LogP contribution in [0.3, 0.4) is 0 Å². The molecule has 0 radical (unpaired) electrons. The molecule has 0 N–H and O–H groups in total. The largest absolute Gasteiger partial charge is 0.440 e. The quantitative estimate of drug-likeness (QED) is 0.853. The maximum absolute atomic E-state index is 11.7. The van der Waals surface area contributed by atoms with Gasteiger partial charge in [0.05, 0.1) is 18.6 Å². The van der Waals surface area contributed by atoms with Crippen molar-refractivity contribution in [2.45, 2.75) is 44.9 Å². The minimum Gasteiger partial charge on any atom is -0.440 e. The van der Waals surface area contributed by atoms with E-state index in [9.17, 15) is 4.79 Å². The van der Waals surface area contributed by atoms with E-state index in [-0.39, 0.29) is 11.7 Å². The number of piperidine rings is 1. The van der Waals surface area contributed by atoms with Crippen molar-refractivity contribution in [2.24, 2.45) is 0 Å². The van der Waals surface area contributed by atoms with Gasteiger partial charge in [-0.25, -0.2) is 9.78 Å². The Morgan fingerprint density at radius 1 is 1.43 bits per heavy atom. The third-order valence-corrected chi connectivity index (χ3v) is 4.45. The highest BCUT2D eigenvalue weighted by Gasteiger charge is 2.46. The third-order valence-electron chi connectivity index (χ3n) is 4.45. The van der Waals surface area contributed by atoms with Gasteiger partial charge in [-0.3, -0.25) is 4.90 Å². The second kappa shape index (κ2) is 5.33. The summed E-state index contributed by atoms with van der Waals surface area (Å²) in [6.07, 6.45) is 5.67. The molecule has 3 rings (SSSR count). The summed E-state index contributed by atoms with van der Waals surface area (Å²) in [5, 5.41) is 0. The van der Waals surface area contributed by atoms with Crippen LogP contribution in [0.4, 0.5) is 4.79 Å². The molecule has 0 aromatic carbocycles. The Morgan fingerprint density at radius 3 is 2.90 bits per heavy atom. The van der Waals surface area contributed by atoms with E-state index in [0.29, 0.717) is 12.6 Å². The minimum atomic E-state index is -0.313. The zero-order chi connectivity index (χ0) is 15.0. The molecule has 3 heterocycles. The van der Waals surface area contributed by atoms with Crippen LogP contribution in [0.5, 0.6) is 0 Å². The van der Waals surface area contributed by atoms with E-state index >= 15 is 0 Å². The lowest BCUT2D eigenvalue weighted by atomic mass is 9.92. The summed E-state index contributed by atoms with van der Waals surface area (Å²) < 4.78 is 7.85. The molecular weight excluding hydrogens is 268 g/mol. The van der Waals surface area contributed by atoms with Gasteiger partial charge in [-0.15, -0.1) is 0 Å². The SMILES string of the molecule is CC(C)n1cncc1CN1CCC[C@]2(C1)CN(C)C(=O)O2. The fraction of sp³-hybridized carbons (Fsp3) is 0.733. The Labute approximate surface area is 125 Å². The number of nitrogens with zero attached hydrogens (tertiary/aromatic N) is 4. The number of hydrogen-bond acceptors (Lipinski definition) is 4. The number of carbonyl (C=O) groups is 1.